The first kappa shape index (κ1) is 8.70. The molecule has 0 fully saturated rings. The van der Waals surface area contributed by atoms with Gasteiger partial charge in [0.05, 0.1) is 0 Å². The molecule has 1 atom stereocenters. The number of carbonyl (C=O) groups excluding carboxylic acids is 2. The number of rotatable bonds is 2. The second kappa shape index (κ2) is 3.34. The molecule has 12 heavy (non-hydrogen) atoms. The van der Waals surface area contributed by atoms with Gasteiger partial charge in [0.15, 0.2) is 0 Å². The molecule has 1 aliphatic heterocycles. The molecule has 0 saturated heterocycles. The molecule has 66 valence electrons. The molecular weight excluding hydrogens is 158 g/mol. The van der Waals surface area contributed by atoms with Gasteiger partial charge in [0.25, 0.3) is 11.8 Å². The average molecular weight is 170 g/mol. The molecular formula is C7H12N3O2+. The molecule has 0 aromatic heterocycles. The molecule has 5 nitrogen and oxygen atoms in total. The lowest BCUT2D eigenvalue weighted by Gasteiger charge is -2.12. The third kappa shape index (κ3) is 1.61. The minimum Gasteiger partial charge on any atom is -0.290 e. The second-order valence-corrected chi connectivity index (χ2v) is 2.73. The Morgan fingerprint density at radius 3 is 2.75 bits per heavy atom. The fourth-order valence-corrected chi connectivity index (χ4v) is 1.14. The summed E-state index contributed by atoms with van der Waals surface area (Å²) in [6.45, 7) is 1.92. The first-order valence-corrected chi connectivity index (χ1v) is 3.89. The summed E-state index contributed by atoms with van der Waals surface area (Å²) in [5.41, 5.74) is 5.23. The van der Waals surface area contributed by atoms with Crippen LogP contribution in [0.25, 0.3) is 0 Å². The van der Waals surface area contributed by atoms with Crippen molar-refractivity contribution in [3.63, 3.8) is 0 Å². The molecule has 4 N–H and O–H groups in total. The van der Waals surface area contributed by atoms with Crippen LogP contribution in [0, 0.1) is 5.92 Å². The molecule has 0 saturated carbocycles. The number of nitrogens with two attached hydrogens (primary N) is 1. The molecule has 1 heterocycles. The van der Waals surface area contributed by atoms with Crippen LogP contribution in [0.2, 0.25) is 0 Å². The van der Waals surface area contributed by atoms with Gasteiger partial charge in [-0.15, -0.1) is 0 Å². The van der Waals surface area contributed by atoms with E-state index < -0.39 is 5.92 Å². The summed E-state index contributed by atoms with van der Waals surface area (Å²) in [6, 6.07) is 0. The molecule has 0 spiro atoms. The predicted molar refractivity (Wildman–Crippen MR) is 41.7 cm³/mol. The fraction of sp³-hybridized carbons (Fsp3) is 0.571. The molecule has 1 unspecified atom stereocenters. The van der Waals surface area contributed by atoms with E-state index in [0.717, 1.165) is 6.42 Å². The first-order chi connectivity index (χ1) is 5.65. The van der Waals surface area contributed by atoms with Gasteiger partial charge in [-0.25, -0.2) is 10.3 Å². The van der Waals surface area contributed by atoms with Crippen molar-refractivity contribution in [3.05, 3.63) is 0 Å². The summed E-state index contributed by atoms with van der Waals surface area (Å²) in [6.07, 6.45) is 1.36. The van der Waals surface area contributed by atoms with Gasteiger partial charge in [0.2, 0.25) is 0 Å². The minimum absolute atomic E-state index is 0.0253. The predicted octanol–water partition coefficient (Wildman–Crippen LogP) is -2.55. The largest absolute Gasteiger partial charge is 0.355 e. The van der Waals surface area contributed by atoms with E-state index in [9.17, 15) is 9.59 Å². The van der Waals surface area contributed by atoms with Crippen LogP contribution in [0.5, 0.6) is 0 Å². The summed E-state index contributed by atoms with van der Waals surface area (Å²) in [4.78, 5) is 24.6. The van der Waals surface area contributed by atoms with Crippen LogP contribution in [-0.2, 0) is 9.59 Å². The molecule has 0 bridgehead atoms. The Kier molecular flexibility index (Phi) is 2.42. The number of carbonyl (C=O) groups is 2. The van der Waals surface area contributed by atoms with Crippen LogP contribution in [0.1, 0.15) is 19.8 Å². The van der Waals surface area contributed by atoms with E-state index in [0.29, 0.717) is 6.42 Å². The zero-order valence-electron chi connectivity index (χ0n) is 6.89. The smallest absolute Gasteiger partial charge is 0.290 e. The standard InChI is InChI=1S/C7H11N3O2/c1-2-3-4-5(11)9-7(8)10-6(4)12/h4H,2-3H2,1H3,(H3,8,9,10,11,12)/p+1. The summed E-state index contributed by atoms with van der Waals surface area (Å²) in [7, 11) is 0. The van der Waals surface area contributed by atoms with Crippen molar-refractivity contribution in [3.8, 4) is 0 Å². The Balaban J connectivity index is 2.76. The maximum absolute atomic E-state index is 11.1. The van der Waals surface area contributed by atoms with Gasteiger partial charge in [-0.1, -0.05) is 13.3 Å². The molecule has 1 aliphatic rings. The van der Waals surface area contributed by atoms with E-state index in [1.807, 2.05) is 6.92 Å². The topological polar surface area (TPSA) is 86.2 Å². The van der Waals surface area contributed by atoms with E-state index in [4.69, 9.17) is 5.73 Å². The van der Waals surface area contributed by atoms with E-state index in [-0.39, 0.29) is 17.8 Å². The van der Waals surface area contributed by atoms with Gasteiger partial charge in [0, 0.05) is 0 Å². The van der Waals surface area contributed by atoms with E-state index in [1.54, 1.807) is 0 Å². The molecule has 0 aliphatic carbocycles. The minimum atomic E-state index is -0.581. The molecule has 5 heteroatoms. The highest BCUT2D eigenvalue weighted by Gasteiger charge is 2.33. The Labute approximate surface area is 70.0 Å². The molecule has 0 aromatic carbocycles. The second-order valence-electron chi connectivity index (χ2n) is 2.73. The number of nitrogens with one attached hydrogen (secondary N) is 2. The van der Waals surface area contributed by atoms with Crippen LogP contribution in [0.15, 0.2) is 0 Å². The summed E-state index contributed by atoms with van der Waals surface area (Å²) >= 11 is 0. The third-order valence-electron chi connectivity index (χ3n) is 1.73. The van der Waals surface area contributed by atoms with Gasteiger partial charge in [-0.3, -0.25) is 15.3 Å². The average Bonchev–Trinajstić information content (AvgIpc) is 1.96. The van der Waals surface area contributed by atoms with Gasteiger partial charge in [0.1, 0.15) is 5.92 Å². The van der Waals surface area contributed by atoms with Crippen LogP contribution in [0.4, 0.5) is 0 Å². The molecule has 0 radical (unpaired) electrons. The lowest BCUT2D eigenvalue weighted by Crippen LogP contribution is -2.88. The number of hydrogen-bond acceptors (Lipinski definition) is 3. The molecule has 0 aromatic rings. The van der Waals surface area contributed by atoms with Crippen LogP contribution in [0.3, 0.4) is 0 Å². The van der Waals surface area contributed by atoms with Gasteiger partial charge in [-0.05, 0) is 6.42 Å². The fourth-order valence-electron chi connectivity index (χ4n) is 1.14. The highest BCUT2D eigenvalue weighted by atomic mass is 16.2. The number of hydrogen-bond donors (Lipinski definition) is 3. The van der Waals surface area contributed by atoms with E-state index in [1.165, 1.54) is 0 Å². The summed E-state index contributed by atoms with van der Waals surface area (Å²) < 4.78 is 0. The first-order valence-electron chi connectivity index (χ1n) is 3.89. The van der Waals surface area contributed by atoms with Crippen molar-refractivity contribution in [2.24, 2.45) is 11.7 Å². The monoisotopic (exact) mass is 170 g/mol. The normalized spacial score (nSPS) is 23.4. The van der Waals surface area contributed by atoms with Gasteiger partial charge >= 0.3 is 5.96 Å². The number of guanidine groups is 1. The van der Waals surface area contributed by atoms with Crippen molar-refractivity contribution in [1.29, 1.82) is 0 Å². The Bertz CT molecular complexity index is 247. The number of amides is 2. The van der Waals surface area contributed by atoms with Crippen molar-refractivity contribution in [2.75, 3.05) is 0 Å². The highest BCUT2D eigenvalue weighted by molar-refractivity contribution is 6.07. The third-order valence-corrected chi connectivity index (χ3v) is 1.73. The Hall–Kier alpha value is -1.39. The summed E-state index contributed by atoms with van der Waals surface area (Å²) in [5, 5.41) is 2.37. The maximum Gasteiger partial charge on any atom is 0.355 e. The maximum atomic E-state index is 11.1. The quantitative estimate of drug-likeness (QED) is 0.399. The van der Waals surface area contributed by atoms with Gasteiger partial charge < -0.3 is 0 Å². The van der Waals surface area contributed by atoms with E-state index >= 15 is 0 Å². The zero-order valence-corrected chi connectivity index (χ0v) is 6.89. The lowest BCUT2D eigenvalue weighted by atomic mass is 10.0. The van der Waals surface area contributed by atoms with Crippen molar-refractivity contribution in [2.45, 2.75) is 19.8 Å². The van der Waals surface area contributed by atoms with Crippen LogP contribution in [-0.4, -0.2) is 17.8 Å². The Morgan fingerprint density at radius 1 is 1.58 bits per heavy atom. The summed E-state index contributed by atoms with van der Waals surface area (Å²) in [5.74, 6) is -1.17. The Morgan fingerprint density at radius 2 is 2.25 bits per heavy atom. The van der Waals surface area contributed by atoms with Gasteiger partial charge in [-0.2, -0.15) is 0 Å². The highest BCUT2D eigenvalue weighted by Crippen LogP contribution is 2.05. The molecule has 1 rings (SSSR count). The van der Waals surface area contributed by atoms with E-state index in [2.05, 4.69) is 10.3 Å². The van der Waals surface area contributed by atoms with Crippen LogP contribution >= 0.6 is 0 Å². The van der Waals surface area contributed by atoms with Crippen LogP contribution < -0.4 is 16.0 Å². The lowest BCUT2D eigenvalue weighted by molar-refractivity contribution is -0.387. The SMILES string of the molecule is CCCC1C(=O)NC(N)=[NH+]C1=O. The molecule has 2 amide bonds. The van der Waals surface area contributed by atoms with Crippen molar-refractivity contribution < 1.29 is 14.6 Å². The van der Waals surface area contributed by atoms with Crippen molar-refractivity contribution in [1.82, 2.24) is 5.32 Å². The zero-order chi connectivity index (χ0) is 9.14. The van der Waals surface area contributed by atoms with Crippen molar-refractivity contribution >= 4 is 17.8 Å².